The lowest BCUT2D eigenvalue weighted by molar-refractivity contribution is 0.589. The standard InChI is InChI=1S/C14H10O2.C4H6.C2H6/c15-14-10-6-2-1-3-8-12(10)16-13-9-5-4-7-11(13)14;1-3-4-2;1-2/h2-9H,1H2;3-4H,1-2H2;1-2H3. The van der Waals surface area contributed by atoms with Gasteiger partial charge in [-0.15, -0.1) is 0 Å². The highest BCUT2D eigenvalue weighted by molar-refractivity contribution is 5.81. The molecule has 114 valence electrons. The number of allylic oxidation sites excluding steroid dienone is 4. The summed E-state index contributed by atoms with van der Waals surface area (Å²) < 4.78 is 5.71. The van der Waals surface area contributed by atoms with Gasteiger partial charge in [0.2, 0.25) is 5.43 Å². The van der Waals surface area contributed by atoms with E-state index in [1.165, 1.54) is 0 Å². The second kappa shape index (κ2) is 9.35. The van der Waals surface area contributed by atoms with Crippen molar-refractivity contribution in [1.29, 1.82) is 0 Å². The van der Waals surface area contributed by atoms with Crippen molar-refractivity contribution < 1.29 is 4.42 Å². The monoisotopic (exact) mass is 294 g/mol. The third kappa shape index (κ3) is 4.19. The lowest BCUT2D eigenvalue weighted by Crippen LogP contribution is -2.06. The first kappa shape index (κ1) is 17.4. The van der Waals surface area contributed by atoms with Crippen LogP contribution in [0.1, 0.15) is 31.6 Å². The van der Waals surface area contributed by atoms with Crippen LogP contribution in [0.5, 0.6) is 0 Å². The van der Waals surface area contributed by atoms with Crippen molar-refractivity contribution in [2.45, 2.75) is 20.3 Å². The minimum absolute atomic E-state index is 0.0413. The van der Waals surface area contributed by atoms with Crippen LogP contribution in [0, 0.1) is 0 Å². The molecule has 0 N–H and O–H groups in total. The lowest BCUT2D eigenvalue weighted by atomic mass is 10.1. The summed E-state index contributed by atoms with van der Waals surface area (Å²) in [5.41, 5.74) is 1.33. The number of benzene rings is 1. The van der Waals surface area contributed by atoms with E-state index in [0.29, 0.717) is 22.3 Å². The molecule has 0 spiro atoms. The normalized spacial score (nSPS) is 11.2. The van der Waals surface area contributed by atoms with Crippen molar-refractivity contribution in [2.75, 3.05) is 0 Å². The van der Waals surface area contributed by atoms with E-state index in [1.807, 2.05) is 56.4 Å². The third-order valence-corrected chi connectivity index (χ3v) is 2.85. The largest absolute Gasteiger partial charge is 0.456 e. The van der Waals surface area contributed by atoms with E-state index in [2.05, 4.69) is 13.2 Å². The summed E-state index contributed by atoms with van der Waals surface area (Å²) in [5.74, 6) is 0.650. The molecule has 1 aromatic heterocycles. The average molecular weight is 294 g/mol. The number of hydrogen-bond donors (Lipinski definition) is 0. The van der Waals surface area contributed by atoms with Crippen LogP contribution in [-0.4, -0.2) is 0 Å². The Balaban J connectivity index is 0.000000354. The smallest absolute Gasteiger partial charge is 0.200 e. The molecule has 0 unspecified atom stereocenters. The fraction of sp³-hybridized carbons (Fsp3) is 0.150. The highest BCUT2D eigenvalue weighted by Crippen LogP contribution is 2.19. The van der Waals surface area contributed by atoms with Gasteiger partial charge in [0, 0.05) is 0 Å². The van der Waals surface area contributed by atoms with Gasteiger partial charge in [-0.3, -0.25) is 4.79 Å². The summed E-state index contributed by atoms with van der Waals surface area (Å²) in [6, 6.07) is 7.33. The summed E-state index contributed by atoms with van der Waals surface area (Å²) in [5, 5.41) is 0.640. The molecule has 3 rings (SSSR count). The molecular weight excluding hydrogens is 272 g/mol. The Labute approximate surface area is 131 Å². The Hall–Kier alpha value is -2.61. The number of hydrogen-bond acceptors (Lipinski definition) is 2. The Kier molecular flexibility index (Phi) is 7.41. The topological polar surface area (TPSA) is 30.2 Å². The van der Waals surface area contributed by atoms with Gasteiger partial charge in [-0.05, 0) is 24.6 Å². The van der Waals surface area contributed by atoms with Gasteiger partial charge in [0.05, 0.1) is 10.9 Å². The molecule has 0 saturated heterocycles. The Morgan fingerprint density at radius 3 is 2.36 bits per heavy atom. The zero-order chi connectivity index (χ0) is 16.4. The van der Waals surface area contributed by atoms with Gasteiger partial charge in [0.1, 0.15) is 11.3 Å². The van der Waals surface area contributed by atoms with E-state index in [-0.39, 0.29) is 5.43 Å². The fourth-order valence-corrected chi connectivity index (χ4v) is 1.89. The SMILES string of the molecule is C=CC=C.CC.O=c1c2c(oc3ccccc13)C=CCC=C2. The molecule has 0 atom stereocenters. The van der Waals surface area contributed by atoms with Crippen LogP contribution in [-0.2, 0) is 0 Å². The third-order valence-electron chi connectivity index (χ3n) is 2.85. The number of rotatable bonds is 1. The van der Waals surface area contributed by atoms with Crippen molar-refractivity contribution in [3.63, 3.8) is 0 Å². The molecule has 0 radical (unpaired) electrons. The zero-order valence-corrected chi connectivity index (χ0v) is 13.2. The zero-order valence-electron chi connectivity index (χ0n) is 13.2. The molecular formula is C20H22O2. The van der Waals surface area contributed by atoms with Gasteiger partial charge < -0.3 is 4.42 Å². The first-order valence-electron chi connectivity index (χ1n) is 7.40. The van der Waals surface area contributed by atoms with Gasteiger partial charge in [-0.1, -0.05) is 69.5 Å². The van der Waals surface area contributed by atoms with E-state index in [1.54, 1.807) is 18.2 Å². The summed E-state index contributed by atoms with van der Waals surface area (Å²) in [6.07, 6.45) is 11.8. The molecule has 2 nitrogen and oxygen atoms in total. The Bertz CT molecular complexity index is 740. The van der Waals surface area contributed by atoms with E-state index in [0.717, 1.165) is 6.42 Å². The van der Waals surface area contributed by atoms with Crippen LogP contribution in [0.4, 0.5) is 0 Å². The molecule has 1 heterocycles. The van der Waals surface area contributed by atoms with E-state index in [4.69, 9.17) is 4.42 Å². The number of para-hydroxylation sites is 1. The highest BCUT2D eigenvalue weighted by atomic mass is 16.3. The molecule has 1 aliphatic carbocycles. The first-order valence-corrected chi connectivity index (χ1v) is 7.40. The predicted octanol–water partition coefficient (Wildman–Crippen LogP) is 5.61. The van der Waals surface area contributed by atoms with Crippen molar-refractivity contribution in [1.82, 2.24) is 0 Å². The second-order valence-electron chi connectivity index (χ2n) is 4.22. The van der Waals surface area contributed by atoms with Crippen molar-refractivity contribution in [3.8, 4) is 0 Å². The van der Waals surface area contributed by atoms with Gasteiger partial charge in [0.25, 0.3) is 0 Å². The minimum Gasteiger partial charge on any atom is -0.456 e. The summed E-state index contributed by atoms with van der Waals surface area (Å²) in [6.45, 7) is 10.7. The fourth-order valence-electron chi connectivity index (χ4n) is 1.89. The van der Waals surface area contributed by atoms with E-state index < -0.39 is 0 Å². The van der Waals surface area contributed by atoms with Crippen LogP contribution in [0.3, 0.4) is 0 Å². The van der Waals surface area contributed by atoms with Crippen LogP contribution in [0.25, 0.3) is 23.1 Å². The molecule has 1 aliphatic rings. The van der Waals surface area contributed by atoms with E-state index >= 15 is 0 Å². The van der Waals surface area contributed by atoms with Crippen LogP contribution in [0.15, 0.2) is 70.9 Å². The average Bonchev–Trinajstić information content (AvgIpc) is 2.83. The molecule has 0 saturated carbocycles. The minimum atomic E-state index is 0.0413. The van der Waals surface area contributed by atoms with Gasteiger partial charge >= 0.3 is 0 Å². The second-order valence-corrected chi connectivity index (χ2v) is 4.22. The molecule has 2 aromatic rings. The Morgan fingerprint density at radius 2 is 1.68 bits per heavy atom. The molecule has 0 fully saturated rings. The number of fused-ring (bicyclic) bond motifs is 2. The predicted molar refractivity (Wildman–Crippen MR) is 96.9 cm³/mol. The maximum absolute atomic E-state index is 12.2. The Morgan fingerprint density at radius 1 is 1.05 bits per heavy atom. The van der Waals surface area contributed by atoms with Crippen LogP contribution < -0.4 is 5.43 Å². The maximum atomic E-state index is 12.2. The highest BCUT2D eigenvalue weighted by Gasteiger charge is 2.10. The molecule has 2 heteroatoms. The molecule has 0 aliphatic heterocycles. The summed E-state index contributed by atoms with van der Waals surface area (Å²) in [4.78, 5) is 12.2. The molecule has 1 aromatic carbocycles. The summed E-state index contributed by atoms with van der Waals surface area (Å²) >= 11 is 0. The lowest BCUT2D eigenvalue weighted by Gasteiger charge is -2.02. The van der Waals surface area contributed by atoms with Gasteiger partial charge in [-0.2, -0.15) is 0 Å². The summed E-state index contributed by atoms with van der Waals surface area (Å²) in [7, 11) is 0. The van der Waals surface area contributed by atoms with Crippen LogP contribution in [0.2, 0.25) is 0 Å². The molecule has 0 bridgehead atoms. The van der Waals surface area contributed by atoms with Crippen LogP contribution >= 0.6 is 0 Å². The maximum Gasteiger partial charge on any atom is 0.200 e. The van der Waals surface area contributed by atoms with Gasteiger partial charge in [0.15, 0.2) is 0 Å². The first-order chi connectivity index (χ1) is 10.8. The van der Waals surface area contributed by atoms with Crippen molar-refractivity contribution in [3.05, 3.63) is 83.3 Å². The molecule has 0 amide bonds. The van der Waals surface area contributed by atoms with Crippen molar-refractivity contribution >= 4 is 23.1 Å². The van der Waals surface area contributed by atoms with Crippen molar-refractivity contribution in [2.24, 2.45) is 0 Å². The quantitative estimate of drug-likeness (QED) is 0.640. The molecule has 22 heavy (non-hydrogen) atoms. The van der Waals surface area contributed by atoms with E-state index in [9.17, 15) is 4.79 Å². The van der Waals surface area contributed by atoms with Gasteiger partial charge in [-0.25, -0.2) is 0 Å².